The standard InChI is InChI=1S/C16H22N2O3/c1-16(2,3)21-15(19)18-12(9-17)8-11-10-20-14-7-5-4-6-13(11)14/h4-7,10,12H,8-9,17H2,1-3H3,(H,18,19). The van der Waals surface area contributed by atoms with Crippen molar-refractivity contribution in [2.75, 3.05) is 6.54 Å². The van der Waals surface area contributed by atoms with Gasteiger partial charge < -0.3 is 20.2 Å². The number of benzene rings is 1. The molecule has 0 saturated carbocycles. The molecule has 1 heterocycles. The van der Waals surface area contributed by atoms with Gasteiger partial charge in [0.25, 0.3) is 0 Å². The topological polar surface area (TPSA) is 77.5 Å². The average Bonchev–Trinajstić information content (AvgIpc) is 2.79. The van der Waals surface area contributed by atoms with Crippen LogP contribution in [-0.4, -0.2) is 24.3 Å². The van der Waals surface area contributed by atoms with Gasteiger partial charge in [-0.2, -0.15) is 0 Å². The van der Waals surface area contributed by atoms with Crippen LogP contribution in [0.4, 0.5) is 4.79 Å². The number of carbonyl (C=O) groups excluding carboxylic acids is 1. The van der Waals surface area contributed by atoms with Crippen LogP contribution >= 0.6 is 0 Å². The van der Waals surface area contributed by atoms with Gasteiger partial charge in [0.05, 0.1) is 6.26 Å². The maximum absolute atomic E-state index is 11.8. The number of rotatable bonds is 4. The largest absolute Gasteiger partial charge is 0.464 e. The summed E-state index contributed by atoms with van der Waals surface area (Å²) in [6.07, 6.45) is 1.86. The van der Waals surface area contributed by atoms with E-state index in [9.17, 15) is 4.79 Å². The second kappa shape index (κ2) is 6.18. The number of ether oxygens (including phenoxy) is 1. The summed E-state index contributed by atoms with van der Waals surface area (Å²) in [6, 6.07) is 7.60. The van der Waals surface area contributed by atoms with Crippen LogP contribution in [0.3, 0.4) is 0 Å². The van der Waals surface area contributed by atoms with E-state index < -0.39 is 11.7 Å². The Hall–Kier alpha value is -2.01. The number of amides is 1. The molecule has 2 aromatic rings. The Labute approximate surface area is 124 Å². The molecule has 1 atom stereocenters. The molecular formula is C16H22N2O3. The molecular weight excluding hydrogens is 268 g/mol. The summed E-state index contributed by atoms with van der Waals surface area (Å²) < 4.78 is 10.7. The van der Waals surface area contributed by atoms with Gasteiger partial charge in [0.15, 0.2) is 0 Å². The minimum atomic E-state index is -0.522. The van der Waals surface area contributed by atoms with Crippen LogP contribution in [0.25, 0.3) is 11.0 Å². The van der Waals surface area contributed by atoms with Gasteiger partial charge in [-0.25, -0.2) is 4.79 Å². The second-order valence-corrected chi connectivity index (χ2v) is 6.04. The number of alkyl carbamates (subject to hydrolysis) is 1. The van der Waals surface area contributed by atoms with Crippen molar-refractivity contribution in [2.24, 2.45) is 5.73 Å². The number of carbonyl (C=O) groups is 1. The molecule has 1 unspecified atom stereocenters. The molecule has 3 N–H and O–H groups in total. The van der Waals surface area contributed by atoms with Gasteiger partial charge in [0.1, 0.15) is 11.2 Å². The van der Waals surface area contributed by atoms with Crippen molar-refractivity contribution < 1.29 is 13.9 Å². The highest BCUT2D eigenvalue weighted by Gasteiger charge is 2.20. The number of para-hydroxylation sites is 1. The van der Waals surface area contributed by atoms with E-state index >= 15 is 0 Å². The number of fused-ring (bicyclic) bond motifs is 1. The highest BCUT2D eigenvalue weighted by molar-refractivity contribution is 5.81. The Bertz CT molecular complexity index is 613. The predicted octanol–water partition coefficient (Wildman–Crippen LogP) is 2.83. The third kappa shape index (κ3) is 4.23. The van der Waals surface area contributed by atoms with E-state index in [0.29, 0.717) is 13.0 Å². The number of nitrogens with one attached hydrogen (secondary N) is 1. The quantitative estimate of drug-likeness (QED) is 0.907. The molecule has 5 heteroatoms. The van der Waals surface area contributed by atoms with Crippen LogP contribution < -0.4 is 11.1 Å². The minimum absolute atomic E-state index is 0.194. The number of hydrogen-bond acceptors (Lipinski definition) is 4. The van der Waals surface area contributed by atoms with Crippen molar-refractivity contribution in [1.82, 2.24) is 5.32 Å². The van der Waals surface area contributed by atoms with E-state index in [1.165, 1.54) is 0 Å². The van der Waals surface area contributed by atoms with Crippen molar-refractivity contribution in [3.05, 3.63) is 36.1 Å². The Morgan fingerprint density at radius 1 is 1.38 bits per heavy atom. The molecule has 1 amide bonds. The van der Waals surface area contributed by atoms with Crippen LogP contribution in [0.1, 0.15) is 26.3 Å². The maximum atomic E-state index is 11.8. The highest BCUT2D eigenvalue weighted by atomic mass is 16.6. The Kier molecular flexibility index (Phi) is 4.53. The molecule has 0 fully saturated rings. The van der Waals surface area contributed by atoms with Gasteiger partial charge in [0, 0.05) is 23.5 Å². The van der Waals surface area contributed by atoms with Crippen LogP contribution in [-0.2, 0) is 11.2 Å². The molecule has 0 aliphatic heterocycles. The molecule has 0 aliphatic rings. The molecule has 1 aromatic carbocycles. The SMILES string of the molecule is CC(C)(C)OC(=O)NC(CN)Cc1coc2ccccc12. The Morgan fingerprint density at radius 3 is 2.76 bits per heavy atom. The number of hydrogen-bond donors (Lipinski definition) is 2. The Morgan fingerprint density at radius 2 is 2.10 bits per heavy atom. The summed E-state index contributed by atoms with van der Waals surface area (Å²) >= 11 is 0. The van der Waals surface area contributed by atoms with Crippen LogP contribution in [0, 0.1) is 0 Å². The average molecular weight is 290 g/mol. The fourth-order valence-electron chi connectivity index (χ4n) is 2.12. The van der Waals surface area contributed by atoms with E-state index in [1.54, 1.807) is 6.26 Å². The van der Waals surface area contributed by atoms with E-state index in [0.717, 1.165) is 16.5 Å². The van der Waals surface area contributed by atoms with Crippen LogP contribution in [0.2, 0.25) is 0 Å². The first kappa shape index (κ1) is 15.4. The fraction of sp³-hybridized carbons (Fsp3) is 0.438. The number of nitrogens with two attached hydrogens (primary N) is 1. The first-order valence-electron chi connectivity index (χ1n) is 7.04. The van der Waals surface area contributed by atoms with Crippen molar-refractivity contribution in [3.8, 4) is 0 Å². The predicted molar refractivity (Wildman–Crippen MR) is 82.1 cm³/mol. The molecule has 0 saturated heterocycles. The lowest BCUT2D eigenvalue weighted by atomic mass is 10.1. The molecule has 0 spiro atoms. The van der Waals surface area contributed by atoms with Crippen molar-refractivity contribution >= 4 is 17.1 Å². The third-order valence-electron chi connectivity index (χ3n) is 3.03. The minimum Gasteiger partial charge on any atom is -0.464 e. The summed E-state index contributed by atoms with van der Waals surface area (Å²) in [6.45, 7) is 5.81. The van der Waals surface area contributed by atoms with E-state index in [-0.39, 0.29) is 6.04 Å². The zero-order valence-corrected chi connectivity index (χ0v) is 12.7. The van der Waals surface area contributed by atoms with E-state index in [2.05, 4.69) is 5.32 Å². The fourth-order valence-corrected chi connectivity index (χ4v) is 2.12. The lowest BCUT2D eigenvalue weighted by Crippen LogP contribution is -2.44. The van der Waals surface area contributed by atoms with E-state index in [4.69, 9.17) is 14.9 Å². The zero-order chi connectivity index (χ0) is 15.5. The number of furan rings is 1. The maximum Gasteiger partial charge on any atom is 0.407 e. The lowest BCUT2D eigenvalue weighted by Gasteiger charge is -2.22. The van der Waals surface area contributed by atoms with Crippen molar-refractivity contribution in [3.63, 3.8) is 0 Å². The van der Waals surface area contributed by atoms with Gasteiger partial charge in [0.2, 0.25) is 0 Å². The molecule has 21 heavy (non-hydrogen) atoms. The van der Waals surface area contributed by atoms with Crippen molar-refractivity contribution in [2.45, 2.75) is 38.8 Å². The third-order valence-corrected chi connectivity index (χ3v) is 3.03. The molecule has 5 nitrogen and oxygen atoms in total. The van der Waals surface area contributed by atoms with Crippen LogP contribution in [0.5, 0.6) is 0 Å². The van der Waals surface area contributed by atoms with Gasteiger partial charge >= 0.3 is 6.09 Å². The van der Waals surface area contributed by atoms with Crippen LogP contribution in [0.15, 0.2) is 34.9 Å². The first-order valence-corrected chi connectivity index (χ1v) is 7.04. The molecule has 114 valence electrons. The summed E-state index contributed by atoms with van der Waals surface area (Å²) in [5.74, 6) is 0. The van der Waals surface area contributed by atoms with Gasteiger partial charge in [-0.15, -0.1) is 0 Å². The Balaban J connectivity index is 2.04. The normalized spacial score (nSPS) is 13.1. The molecule has 0 radical (unpaired) electrons. The molecule has 0 aliphatic carbocycles. The van der Waals surface area contributed by atoms with Gasteiger partial charge in [-0.3, -0.25) is 0 Å². The summed E-state index contributed by atoms with van der Waals surface area (Å²) in [5, 5.41) is 3.84. The highest BCUT2D eigenvalue weighted by Crippen LogP contribution is 2.21. The second-order valence-electron chi connectivity index (χ2n) is 6.04. The monoisotopic (exact) mass is 290 g/mol. The summed E-state index contributed by atoms with van der Waals surface area (Å²) in [5.41, 5.74) is 7.08. The molecule has 0 bridgehead atoms. The smallest absolute Gasteiger partial charge is 0.407 e. The van der Waals surface area contributed by atoms with Gasteiger partial charge in [-0.1, -0.05) is 18.2 Å². The molecule has 2 rings (SSSR count). The van der Waals surface area contributed by atoms with Crippen molar-refractivity contribution in [1.29, 1.82) is 0 Å². The molecule has 1 aromatic heterocycles. The first-order chi connectivity index (χ1) is 9.89. The van der Waals surface area contributed by atoms with Gasteiger partial charge in [-0.05, 0) is 33.3 Å². The zero-order valence-electron chi connectivity index (χ0n) is 12.7. The lowest BCUT2D eigenvalue weighted by molar-refractivity contribution is 0.0506. The van der Waals surface area contributed by atoms with E-state index in [1.807, 2.05) is 45.0 Å². The summed E-state index contributed by atoms with van der Waals surface area (Å²) in [4.78, 5) is 11.8. The summed E-state index contributed by atoms with van der Waals surface area (Å²) in [7, 11) is 0.